The van der Waals surface area contributed by atoms with E-state index in [2.05, 4.69) is 15.8 Å². The van der Waals surface area contributed by atoms with E-state index in [4.69, 9.17) is 26.4 Å². The van der Waals surface area contributed by atoms with Crippen molar-refractivity contribution in [2.45, 2.75) is 19.9 Å². The van der Waals surface area contributed by atoms with Crippen LogP contribution in [-0.4, -0.2) is 37.7 Å². The van der Waals surface area contributed by atoms with Crippen molar-refractivity contribution in [3.8, 4) is 17.2 Å². The lowest BCUT2D eigenvalue weighted by Gasteiger charge is -2.20. The monoisotopic (exact) mass is 309 g/mol. The molecule has 0 atom stereocenters. The lowest BCUT2D eigenvalue weighted by Crippen LogP contribution is -2.36. The molecule has 1 aliphatic rings. The number of nitrogens with zero attached hydrogens (tertiary/aromatic N) is 1. The summed E-state index contributed by atoms with van der Waals surface area (Å²) in [7, 11) is 1.59. The van der Waals surface area contributed by atoms with Crippen LogP contribution in [0.25, 0.3) is 0 Å². The molecule has 0 saturated heterocycles. The Morgan fingerprint density at radius 3 is 2.86 bits per heavy atom. The molecule has 21 heavy (non-hydrogen) atoms. The van der Waals surface area contributed by atoms with E-state index in [1.807, 2.05) is 26.0 Å². The Kier molecular flexibility index (Phi) is 5.21. The van der Waals surface area contributed by atoms with Crippen molar-refractivity contribution in [3.63, 3.8) is 0 Å². The third-order valence-corrected chi connectivity index (χ3v) is 2.86. The zero-order valence-electron chi connectivity index (χ0n) is 12.3. The molecule has 0 radical (unpaired) electrons. The van der Waals surface area contributed by atoms with E-state index in [-0.39, 0.29) is 6.04 Å². The largest absolute Gasteiger partial charge is 0.493 e. The quantitative estimate of drug-likeness (QED) is 0.501. The van der Waals surface area contributed by atoms with Gasteiger partial charge in [-0.2, -0.15) is 5.10 Å². The Balaban J connectivity index is 2.08. The number of thiocarbonyl (C=S) groups is 1. The Bertz CT molecular complexity index is 529. The molecular weight excluding hydrogens is 290 g/mol. The average molecular weight is 309 g/mol. The first-order chi connectivity index (χ1) is 10.1. The highest BCUT2D eigenvalue weighted by Crippen LogP contribution is 2.39. The lowest BCUT2D eigenvalue weighted by molar-refractivity contribution is 0.165. The molecule has 0 amide bonds. The van der Waals surface area contributed by atoms with Gasteiger partial charge in [-0.25, -0.2) is 0 Å². The molecule has 0 bridgehead atoms. The topological polar surface area (TPSA) is 64.1 Å². The van der Waals surface area contributed by atoms with Crippen molar-refractivity contribution in [2.24, 2.45) is 5.10 Å². The summed E-state index contributed by atoms with van der Waals surface area (Å²) >= 11 is 5.09. The zero-order chi connectivity index (χ0) is 15.2. The van der Waals surface area contributed by atoms with Gasteiger partial charge >= 0.3 is 0 Å². The highest BCUT2D eigenvalue weighted by atomic mass is 32.1. The van der Waals surface area contributed by atoms with E-state index in [9.17, 15) is 0 Å². The number of ether oxygens (including phenoxy) is 3. The van der Waals surface area contributed by atoms with Gasteiger partial charge in [-0.05, 0) is 38.2 Å². The van der Waals surface area contributed by atoms with E-state index in [1.165, 1.54) is 0 Å². The van der Waals surface area contributed by atoms with Crippen LogP contribution in [0, 0.1) is 0 Å². The number of hydrogen-bond donors (Lipinski definition) is 2. The molecular formula is C14H19N3O3S. The van der Waals surface area contributed by atoms with E-state index in [1.54, 1.807) is 13.3 Å². The molecule has 0 unspecified atom stereocenters. The van der Waals surface area contributed by atoms with Crippen LogP contribution in [0.1, 0.15) is 19.4 Å². The molecule has 2 N–H and O–H groups in total. The third-order valence-electron chi connectivity index (χ3n) is 2.65. The fourth-order valence-corrected chi connectivity index (χ4v) is 2.12. The first-order valence-corrected chi connectivity index (χ1v) is 7.08. The number of benzene rings is 1. The summed E-state index contributed by atoms with van der Waals surface area (Å²) in [4.78, 5) is 0. The maximum Gasteiger partial charge on any atom is 0.203 e. The number of hydrogen-bond acceptors (Lipinski definition) is 5. The van der Waals surface area contributed by atoms with E-state index < -0.39 is 0 Å². The first-order valence-electron chi connectivity index (χ1n) is 6.67. The van der Waals surface area contributed by atoms with Gasteiger partial charge in [0, 0.05) is 11.6 Å². The second-order valence-electron chi connectivity index (χ2n) is 4.75. The van der Waals surface area contributed by atoms with Gasteiger partial charge in [0.05, 0.1) is 13.3 Å². The summed E-state index contributed by atoms with van der Waals surface area (Å²) in [6.07, 6.45) is 1.65. The second-order valence-corrected chi connectivity index (χ2v) is 5.15. The van der Waals surface area contributed by atoms with Crippen LogP contribution in [0.3, 0.4) is 0 Å². The van der Waals surface area contributed by atoms with Gasteiger partial charge in [0.15, 0.2) is 16.6 Å². The summed E-state index contributed by atoms with van der Waals surface area (Å²) in [6.45, 7) is 5.05. The molecule has 0 aromatic heterocycles. The van der Waals surface area contributed by atoms with Crippen LogP contribution in [0.4, 0.5) is 0 Å². The van der Waals surface area contributed by atoms with Crippen LogP contribution in [0.5, 0.6) is 17.2 Å². The van der Waals surface area contributed by atoms with Crippen molar-refractivity contribution in [1.82, 2.24) is 10.7 Å². The van der Waals surface area contributed by atoms with Gasteiger partial charge in [0.1, 0.15) is 13.2 Å². The standard InChI is InChI=1S/C14H19N3O3S/c1-9(2)16-14(21)17-15-8-10-6-11(18-3)13-12(7-10)19-4-5-20-13/h6-9H,4-5H2,1-3H3,(H2,16,17,21)/b15-8-. The molecule has 114 valence electrons. The minimum atomic E-state index is 0.259. The molecule has 0 fully saturated rings. The van der Waals surface area contributed by atoms with Crippen molar-refractivity contribution < 1.29 is 14.2 Å². The van der Waals surface area contributed by atoms with E-state index >= 15 is 0 Å². The fourth-order valence-electron chi connectivity index (χ4n) is 1.83. The highest BCUT2D eigenvalue weighted by molar-refractivity contribution is 7.80. The maximum absolute atomic E-state index is 5.56. The predicted molar refractivity (Wildman–Crippen MR) is 85.6 cm³/mol. The summed E-state index contributed by atoms with van der Waals surface area (Å²) in [6, 6.07) is 3.94. The van der Waals surface area contributed by atoms with Crippen LogP contribution >= 0.6 is 12.2 Å². The summed E-state index contributed by atoms with van der Waals surface area (Å²) in [5, 5.41) is 7.60. The molecule has 1 aromatic carbocycles. The van der Waals surface area contributed by atoms with Crippen LogP contribution in [0.2, 0.25) is 0 Å². The van der Waals surface area contributed by atoms with Crippen molar-refractivity contribution >= 4 is 23.5 Å². The van der Waals surface area contributed by atoms with Crippen molar-refractivity contribution in [3.05, 3.63) is 17.7 Å². The molecule has 1 aliphatic heterocycles. The predicted octanol–water partition coefficient (Wildman–Crippen LogP) is 1.67. The second kappa shape index (κ2) is 7.12. The normalized spacial score (nSPS) is 13.3. The Morgan fingerprint density at radius 1 is 1.38 bits per heavy atom. The number of nitrogens with one attached hydrogen (secondary N) is 2. The van der Waals surface area contributed by atoms with Gasteiger partial charge in [-0.1, -0.05) is 0 Å². The lowest BCUT2D eigenvalue weighted by atomic mass is 10.2. The van der Waals surface area contributed by atoms with E-state index in [0.717, 1.165) is 5.56 Å². The minimum Gasteiger partial charge on any atom is -0.493 e. The molecule has 0 aliphatic carbocycles. The SMILES string of the molecule is COc1cc(/C=N\NC(=S)NC(C)C)cc2c1OCCO2. The molecule has 0 saturated carbocycles. The number of hydrazone groups is 1. The number of fused-ring (bicyclic) bond motifs is 1. The number of methoxy groups -OCH3 is 1. The first kappa shape index (κ1) is 15.4. The summed E-state index contributed by atoms with van der Waals surface area (Å²) in [5.41, 5.74) is 3.59. The van der Waals surface area contributed by atoms with Gasteiger partial charge in [-0.15, -0.1) is 0 Å². The molecule has 6 nitrogen and oxygen atoms in total. The van der Waals surface area contributed by atoms with Gasteiger partial charge in [0.2, 0.25) is 5.75 Å². The van der Waals surface area contributed by atoms with Gasteiger partial charge in [-0.3, -0.25) is 5.43 Å². The zero-order valence-corrected chi connectivity index (χ0v) is 13.1. The Hall–Kier alpha value is -2.02. The highest BCUT2D eigenvalue weighted by Gasteiger charge is 2.17. The van der Waals surface area contributed by atoms with Gasteiger partial charge < -0.3 is 19.5 Å². The summed E-state index contributed by atoms with van der Waals surface area (Å²) < 4.78 is 16.4. The molecule has 1 heterocycles. The summed E-state index contributed by atoms with van der Waals surface area (Å²) in [5.74, 6) is 1.91. The van der Waals surface area contributed by atoms with E-state index in [0.29, 0.717) is 35.6 Å². The third kappa shape index (κ3) is 4.22. The van der Waals surface area contributed by atoms with Crippen molar-refractivity contribution in [2.75, 3.05) is 20.3 Å². The maximum atomic E-state index is 5.56. The van der Waals surface area contributed by atoms with Crippen LogP contribution < -0.4 is 25.0 Å². The van der Waals surface area contributed by atoms with Gasteiger partial charge in [0.25, 0.3) is 0 Å². The molecule has 1 aromatic rings. The average Bonchev–Trinajstić information content (AvgIpc) is 2.45. The molecule has 2 rings (SSSR count). The van der Waals surface area contributed by atoms with Crippen LogP contribution in [-0.2, 0) is 0 Å². The Morgan fingerprint density at radius 2 is 2.14 bits per heavy atom. The Labute approximate surface area is 129 Å². The minimum absolute atomic E-state index is 0.259. The molecule has 7 heteroatoms. The van der Waals surface area contributed by atoms with Crippen LogP contribution in [0.15, 0.2) is 17.2 Å². The van der Waals surface area contributed by atoms with Crippen molar-refractivity contribution in [1.29, 1.82) is 0 Å². The smallest absolute Gasteiger partial charge is 0.203 e. The number of rotatable bonds is 4. The molecule has 0 spiro atoms. The fraction of sp³-hybridized carbons (Fsp3) is 0.429.